The maximum atomic E-state index is 12.4. The third-order valence-corrected chi connectivity index (χ3v) is 5.25. The fourth-order valence-corrected chi connectivity index (χ4v) is 3.71. The van der Waals surface area contributed by atoms with Crippen LogP contribution in [0.1, 0.15) is 18.4 Å². The van der Waals surface area contributed by atoms with Gasteiger partial charge in [-0.15, -0.1) is 0 Å². The van der Waals surface area contributed by atoms with Crippen molar-refractivity contribution in [1.82, 2.24) is 0 Å². The van der Waals surface area contributed by atoms with Crippen LogP contribution < -0.4 is 10.5 Å². The number of ether oxygens (including phenoxy) is 1. The van der Waals surface area contributed by atoms with E-state index in [4.69, 9.17) is 22.1 Å². The van der Waals surface area contributed by atoms with E-state index in [1.165, 1.54) is 0 Å². The number of hydrogen-bond acceptors (Lipinski definition) is 4. The van der Waals surface area contributed by atoms with Gasteiger partial charge in [-0.05, 0) is 31.0 Å². The highest BCUT2D eigenvalue weighted by Crippen LogP contribution is 2.24. The van der Waals surface area contributed by atoms with Crippen molar-refractivity contribution in [2.45, 2.75) is 18.1 Å². The summed E-state index contributed by atoms with van der Waals surface area (Å²) in [7, 11) is -3.49. The first kappa shape index (κ1) is 16.1. The molecule has 0 saturated carbocycles. The molecule has 0 radical (unpaired) electrons. The molecule has 1 heterocycles. The number of nitrogens with one attached hydrogen (secondary N) is 1. The summed E-state index contributed by atoms with van der Waals surface area (Å²) >= 11 is 5.94. The number of halogens is 1. The van der Waals surface area contributed by atoms with E-state index >= 15 is 0 Å². The number of nitrogens with two attached hydrogens (primary N) is 1. The Balaban J connectivity index is 2.27. The molecule has 1 aromatic carbocycles. The van der Waals surface area contributed by atoms with Crippen LogP contribution in [0, 0.1) is 11.8 Å². The summed E-state index contributed by atoms with van der Waals surface area (Å²) in [4.78, 5) is 0. The van der Waals surface area contributed by atoms with Gasteiger partial charge in [0.05, 0.1) is 17.5 Å². The monoisotopic (exact) mass is 328 g/mol. The van der Waals surface area contributed by atoms with Crippen LogP contribution >= 0.6 is 11.6 Å². The molecule has 0 unspecified atom stereocenters. The molecule has 1 aromatic rings. The summed E-state index contributed by atoms with van der Waals surface area (Å²) in [5, 5.41) is -0.0153. The molecule has 1 saturated heterocycles. The summed E-state index contributed by atoms with van der Waals surface area (Å²) in [6.07, 6.45) is 0.972. The van der Waals surface area contributed by atoms with Crippen LogP contribution in [0.3, 0.4) is 0 Å². The molecule has 5 nitrogen and oxygen atoms in total. The highest BCUT2D eigenvalue weighted by Gasteiger charge is 2.28. The van der Waals surface area contributed by atoms with Gasteiger partial charge in [-0.1, -0.05) is 23.4 Å². The van der Waals surface area contributed by atoms with Crippen LogP contribution in [0.15, 0.2) is 18.2 Å². The Labute approximate surface area is 129 Å². The van der Waals surface area contributed by atoms with Crippen molar-refractivity contribution >= 4 is 27.3 Å². The number of rotatable bonds is 3. The van der Waals surface area contributed by atoms with E-state index in [0.29, 0.717) is 42.3 Å². The predicted octanol–water partition coefficient (Wildman–Crippen LogP) is 1.57. The average Bonchev–Trinajstić information content (AvgIpc) is 2.47. The van der Waals surface area contributed by atoms with Crippen molar-refractivity contribution in [3.05, 3.63) is 28.8 Å². The normalized spacial score (nSPS) is 16.1. The highest BCUT2D eigenvalue weighted by atomic mass is 35.5. The van der Waals surface area contributed by atoms with E-state index in [0.717, 1.165) is 0 Å². The number of benzene rings is 1. The second-order valence-corrected chi connectivity index (χ2v) is 7.05. The molecular formula is C14H17ClN2O3S. The maximum Gasteiger partial charge on any atom is 0.235 e. The molecule has 0 spiro atoms. The van der Waals surface area contributed by atoms with Gasteiger partial charge < -0.3 is 10.5 Å². The molecule has 1 aliphatic rings. The van der Waals surface area contributed by atoms with Gasteiger partial charge in [-0.3, -0.25) is 4.72 Å². The number of sulfonamides is 1. The van der Waals surface area contributed by atoms with Gasteiger partial charge in [-0.25, -0.2) is 8.42 Å². The molecule has 0 aliphatic carbocycles. The van der Waals surface area contributed by atoms with Crippen molar-refractivity contribution in [2.75, 3.05) is 24.5 Å². The molecule has 3 N–H and O–H groups in total. The Hall–Kier alpha value is -1.26. The molecule has 1 aliphatic heterocycles. The van der Waals surface area contributed by atoms with E-state index in [9.17, 15) is 8.42 Å². The van der Waals surface area contributed by atoms with Crippen molar-refractivity contribution < 1.29 is 13.2 Å². The molecule has 7 heteroatoms. The minimum atomic E-state index is -3.49. The fourth-order valence-electron chi connectivity index (χ4n) is 2.08. The molecule has 0 amide bonds. The van der Waals surface area contributed by atoms with E-state index in [1.54, 1.807) is 18.2 Å². The minimum absolute atomic E-state index is 0.203. The Kier molecular flexibility index (Phi) is 5.48. The van der Waals surface area contributed by atoms with Crippen LogP contribution in [-0.2, 0) is 14.8 Å². The summed E-state index contributed by atoms with van der Waals surface area (Å²) < 4.78 is 32.6. The zero-order valence-corrected chi connectivity index (χ0v) is 13.0. The lowest BCUT2D eigenvalue weighted by atomic mass is 10.2. The van der Waals surface area contributed by atoms with Crippen molar-refractivity contribution in [2.24, 2.45) is 5.73 Å². The Morgan fingerprint density at radius 1 is 1.38 bits per heavy atom. The zero-order valence-electron chi connectivity index (χ0n) is 11.4. The number of anilines is 1. The second kappa shape index (κ2) is 7.14. The Bertz CT molecular complexity index is 659. The summed E-state index contributed by atoms with van der Waals surface area (Å²) in [5.74, 6) is 5.55. The van der Waals surface area contributed by atoms with Gasteiger partial charge in [-0.2, -0.15) is 0 Å². The summed E-state index contributed by atoms with van der Waals surface area (Å²) in [6.45, 7) is 1.12. The van der Waals surface area contributed by atoms with Crippen molar-refractivity contribution in [3.63, 3.8) is 0 Å². The zero-order chi connectivity index (χ0) is 15.3. The molecule has 0 atom stereocenters. The molecular weight excluding hydrogens is 312 g/mol. The second-order valence-electron chi connectivity index (χ2n) is 4.65. The topological polar surface area (TPSA) is 81.4 Å². The van der Waals surface area contributed by atoms with Crippen LogP contribution in [-0.4, -0.2) is 33.4 Å². The Morgan fingerprint density at radius 2 is 2.10 bits per heavy atom. The SMILES string of the molecule is NCC#Cc1ccc(Cl)cc1NS(=O)(=O)C1CCOCC1. The van der Waals surface area contributed by atoms with Crippen LogP contribution in [0.5, 0.6) is 0 Å². The van der Waals surface area contributed by atoms with Crippen LogP contribution in [0.4, 0.5) is 5.69 Å². The largest absolute Gasteiger partial charge is 0.381 e. The predicted molar refractivity (Wildman–Crippen MR) is 83.8 cm³/mol. The molecule has 114 valence electrons. The first-order valence-electron chi connectivity index (χ1n) is 6.61. The minimum Gasteiger partial charge on any atom is -0.381 e. The van der Waals surface area contributed by atoms with E-state index in [1.807, 2.05) is 0 Å². The lowest BCUT2D eigenvalue weighted by Gasteiger charge is -2.23. The molecule has 0 bridgehead atoms. The first-order valence-corrected chi connectivity index (χ1v) is 8.53. The lowest BCUT2D eigenvalue weighted by Crippen LogP contribution is -2.33. The quantitative estimate of drug-likeness (QED) is 0.825. The van der Waals surface area contributed by atoms with E-state index < -0.39 is 15.3 Å². The smallest absolute Gasteiger partial charge is 0.235 e. The lowest BCUT2D eigenvalue weighted by molar-refractivity contribution is 0.0984. The third-order valence-electron chi connectivity index (χ3n) is 3.17. The molecule has 2 rings (SSSR count). The number of hydrogen-bond donors (Lipinski definition) is 2. The standard InChI is InChI=1S/C14H17ClN2O3S/c15-12-4-3-11(2-1-7-16)14(10-12)17-21(18,19)13-5-8-20-9-6-13/h3-4,10,13,17H,5-9,16H2. The molecule has 21 heavy (non-hydrogen) atoms. The Morgan fingerprint density at radius 3 is 2.76 bits per heavy atom. The van der Waals surface area contributed by atoms with Crippen molar-refractivity contribution in [3.8, 4) is 11.8 Å². The highest BCUT2D eigenvalue weighted by molar-refractivity contribution is 7.93. The van der Waals surface area contributed by atoms with Crippen LogP contribution in [0.2, 0.25) is 5.02 Å². The van der Waals surface area contributed by atoms with Crippen molar-refractivity contribution in [1.29, 1.82) is 0 Å². The molecule has 0 aromatic heterocycles. The van der Waals surface area contributed by atoms with E-state index in [-0.39, 0.29) is 6.54 Å². The van der Waals surface area contributed by atoms with Gasteiger partial charge in [0, 0.05) is 23.8 Å². The van der Waals surface area contributed by atoms with Crippen LogP contribution in [0.25, 0.3) is 0 Å². The first-order chi connectivity index (χ1) is 10.0. The summed E-state index contributed by atoms with van der Waals surface area (Å²) in [6, 6.07) is 4.89. The third kappa shape index (κ3) is 4.35. The van der Waals surface area contributed by atoms with Gasteiger partial charge in [0.15, 0.2) is 0 Å². The van der Waals surface area contributed by atoms with Gasteiger partial charge in [0.2, 0.25) is 10.0 Å². The molecule has 1 fully saturated rings. The fraction of sp³-hybridized carbons (Fsp3) is 0.429. The average molecular weight is 329 g/mol. The van der Waals surface area contributed by atoms with Gasteiger partial charge >= 0.3 is 0 Å². The maximum absolute atomic E-state index is 12.4. The summed E-state index contributed by atoms with van der Waals surface area (Å²) in [5.41, 5.74) is 6.29. The van der Waals surface area contributed by atoms with Gasteiger partial charge in [0.25, 0.3) is 0 Å². The van der Waals surface area contributed by atoms with E-state index in [2.05, 4.69) is 16.6 Å². The van der Waals surface area contributed by atoms with Gasteiger partial charge in [0.1, 0.15) is 0 Å².